The number of anilines is 2. The standard InChI is InChI=1S/C19H17FN4O2S/c1-12-7-8-14(11-15(12)20)21-16(25)9-10-17-23-24-19(27-17)18(26)22-13-5-3-2-4-6-13/h2-8,11H,9-10H2,1H3,(H,21,25)(H,22,26). The van der Waals surface area contributed by atoms with Gasteiger partial charge >= 0.3 is 0 Å². The van der Waals surface area contributed by atoms with E-state index in [-0.39, 0.29) is 29.1 Å². The number of aryl methyl sites for hydroxylation is 2. The van der Waals surface area contributed by atoms with Gasteiger partial charge < -0.3 is 10.6 Å². The number of hydrogen-bond acceptors (Lipinski definition) is 5. The van der Waals surface area contributed by atoms with E-state index in [0.29, 0.717) is 28.4 Å². The number of para-hydroxylation sites is 1. The molecular formula is C19H17FN4O2S. The van der Waals surface area contributed by atoms with Crippen molar-refractivity contribution in [3.63, 3.8) is 0 Å². The number of carbonyl (C=O) groups is 2. The Hall–Kier alpha value is -3.13. The topological polar surface area (TPSA) is 84.0 Å². The van der Waals surface area contributed by atoms with Gasteiger partial charge in [0.25, 0.3) is 5.91 Å². The molecule has 0 atom stereocenters. The third kappa shape index (κ3) is 5.18. The third-order valence-electron chi connectivity index (χ3n) is 3.71. The SMILES string of the molecule is Cc1ccc(NC(=O)CCc2nnc(C(=O)Nc3ccccc3)s2)cc1F. The van der Waals surface area contributed by atoms with Crippen LogP contribution in [0.4, 0.5) is 15.8 Å². The number of halogens is 1. The molecule has 3 rings (SSSR count). The molecule has 2 aromatic carbocycles. The van der Waals surface area contributed by atoms with Gasteiger partial charge in [0.1, 0.15) is 10.8 Å². The summed E-state index contributed by atoms with van der Waals surface area (Å²) >= 11 is 1.14. The fraction of sp³-hybridized carbons (Fsp3) is 0.158. The lowest BCUT2D eigenvalue weighted by atomic mass is 10.2. The van der Waals surface area contributed by atoms with E-state index in [9.17, 15) is 14.0 Å². The van der Waals surface area contributed by atoms with Gasteiger partial charge in [0, 0.05) is 24.2 Å². The first kappa shape index (κ1) is 18.7. The maximum atomic E-state index is 13.5. The number of aromatic nitrogens is 2. The summed E-state index contributed by atoms with van der Waals surface area (Å²) < 4.78 is 13.5. The molecule has 0 saturated heterocycles. The van der Waals surface area contributed by atoms with Crippen molar-refractivity contribution in [3.8, 4) is 0 Å². The highest BCUT2D eigenvalue weighted by Crippen LogP contribution is 2.16. The molecule has 1 aromatic heterocycles. The maximum absolute atomic E-state index is 13.5. The molecule has 0 aliphatic rings. The summed E-state index contributed by atoms with van der Waals surface area (Å²) in [5, 5.41) is 14.0. The highest BCUT2D eigenvalue weighted by atomic mass is 32.1. The van der Waals surface area contributed by atoms with Gasteiger partial charge in [-0.25, -0.2) is 4.39 Å². The normalized spacial score (nSPS) is 10.4. The molecule has 2 N–H and O–H groups in total. The van der Waals surface area contributed by atoms with Crippen molar-refractivity contribution >= 4 is 34.5 Å². The van der Waals surface area contributed by atoms with Crippen molar-refractivity contribution < 1.29 is 14.0 Å². The Balaban J connectivity index is 1.52. The molecule has 1 heterocycles. The van der Waals surface area contributed by atoms with E-state index < -0.39 is 0 Å². The molecule has 8 heteroatoms. The summed E-state index contributed by atoms with van der Waals surface area (Å²) in [5.41, 5.74) is 1.59. The summed E-state index contributed by atoms with van der Waals surface area (Å²) in [7, 11) is 0. The van der Waals surface area contributed by atoms with Crippen molar-refractivity contribution in [1.29, 1.82) is 0 Å². The fourth-order valence-electron chi connectivity index (χ4n) is 2.27. The molecule has 0 radical (unpaired) electrons. The second-order valence-electron chi connectivity index (χ2n) is 5.83. The zero-order valence-corrected chi connectivity index (χ0v) is 15.3. The maximum Gasteiger partial charge on any atom is 0.286 e. The molecule has 138 valence electrons. The average molecular weight is 384 g/mol. The average Bonchev–Trinajstić information content (AvgIpc) is 3.13. The van der Waals surface area contributed by atoms with Gasteiger partial charge in [-0.3, -0.25) is 9.59 Å². The smallest absolute Gasteiger partial charge is 0.286 e. The molecule has 0 saturated carbocycles. The van der Waals surface area contributed by atoms with Crippen LogP contribution in [-0.2, 0) is 11.2 Å². The highest BCUT2D eigenvalue weighted by molar-refractivity contribution is 7.13. The van der Waals surface area contributed by atoms with E-state index in [2.05, 4.69) is 20.8 Å². The van der Waals surface area contributed by atoms with Crippen LogP contribution in [0.5, 0.6) is 0 Å². The largest absolute Gasteiger partial charge is 0.326 e. The fourth-order valence-corrected chi connectivity index (χ4v) is 3.00. The Morgan fingerprint density at radius 3 is 2.56 bits per heavy atom. The Morgan fingerprint density at radius 2 is 1.81 bits per heavy atom. The van der Waals surface area contributed by atoms with Crippen LogP contribution in [0.1, 0.15) is 26.8 Å². The first-order valence-corrected chi connectivity index (χ1v) is 9.08. The molecule has 27 heavy (non-hydrogen) atoms. The molecule has 0 spiro atoms. The molecule has 0 aliphatic heterocycles. The molecule has 0 unspecified atom stereocenters. The molecule has 6 nitrogen and oxygen atoms in total. The first-order valence-electron chi connectivity index (χ1n) is 8.26. The van der Waals surface area contributed by atoms with E-state index in [1.165, 1.54) is 6.07 Å². The summed E-state index contributed by atoms with van der Waals surface area (Å²) in [6.45, 7) is 1.65. The molecule has 0 aliphatic carbocycles. The van der Waals surface area contributed by atoms with Crippen molar-refractivity contribution in [3.05, 3.63) is 69.9 Å². The van der Waals surface area contributed by atoms with Gasteiger partial charge in [0.2, 0.25) is 10.9 Å². The van der Waals surface area contributed by atoms with E-state index in [0.717, 1.165) is 11.3 Å². The minimum absolute atomic E-state index is 0.157. The van der Waals surface area contributed by atoms with Crippen LogP contribution in [0.25, 0.3) is 0 Å². The Kier molecular flexibility index (Phi) is 5.87. The van der Waals surface area contributed by atoms with E-state index >= 15 is 0 Å². The Labute approximate surface area is 159 Å². The predicted molar refractivity (Wildman–Crippen MR) is 102 cm³/mol. The van der Waals surface area contributed by atoms with Gasteiger partial charge in [0.05, 0.1) is 0 Å². The van der Waals surface area contributed by atoms with Gasteiger partial charge in [-0.05, 0) is 36.8 Å². The summed E-state index contributed by atoms with van der Waals surface area (Å²) in [6, 6.07) is 13.6. The summed E-state index contributed by atoms with van der Waals surface area (Å²) in [6.07, 6.45) is 0.501. The number of nitrogens with zero attached hydrogens (tertiary/aromatic N) is 2. The zero-order chi connectivity index (χ0) is 19.2. The van der Waals surface area contributed by atoms with Crippen LogP contribution < -0.4 is 10.6 Å². The molecular weight excluding hydrogens is 367 g/mol. The van der Waals surface area contributed by atoms with Crippen molar-refractivity contribution in [1.82, 2.24) is 10.2 Å². The molecule has 0 bridgehead atoms. The monoisotopic (exact) mass is 384 g/mol. The van der Waals surface area contributed by atoms with Crippen LogP contribution in [0, 0.1) is 12.7 Å². The van der Waals surface area contributed by atoms with Crippen molar-refractivity contribution in [2.45, 2.75) is 19.8 Å². The van der Waals surface area contributed by atoms with Crippen LogP contribution in [-0.4, -0.2) is 22.0 Å². The van der Waals surface area contributed by atoms with E-state index in [1.807, 2.05) is 18.2 Å². The highest BCUT2D eigenvalue weighted by Gasteiger charge is 2.14. The van der Waals surface area contributed by atoms with Gasteiger partial charge in [0.15, 0.2) is 0 Å². The second-order valence-corrected chi connectivity index (χ2v) is 6.90. The lowest BCUT2D eigenvalue weighted by molar-refractivity contribution is -0.116. The number of hydrogen-bond donors (Lipinski definition) is 2. The first-order chi connectivity index (χ1) is 13.0. The van der Waals surface area contributed by atoms with Crippen LogP contribution >= 0.6 is 11.3 Å². The lowest BCUT2D eigenvalue weighted by Crippen LogP contribution is -2.12. The van der Waals surface area contributed by atoms with Crippen LogP contribution in [0.15, 0.2) is 48.5 Å². The zero-order valence-electron chi connectivity index (χ0n) is 14.5. The number of nitrogens with one attached hydrogen (secondary N) is 2. The minimum Gasteiger partial charge on any atom is -0.326 e. The van der Waals surface area contributed by atoms with E-state index in [1.54, 1.807) is 31.2 Å². The van der Waals surface area contributed by atoms with Gasteiger partial charge in [-0.15, -0.1) is 10.2 Å². The molecule has 2 amide bonds. The lowest BCUT2D eigenvalue weighted by Gasteiger charge is -2.05. The minimum atomic E-state index is -0.369. The number of carbonyl (C=O) groups excluding carboxylic acids is 2. The quantitative estimate of drug-likeness (QED) is 0.677. The van der Waals surface area contributed by atoms with Crippen LogP contribution in [0.3, 0.4) is 0 Å². The number of rotatable bonds is 6. The number of amides is 2. The summed E-state index contributed by atoms with van der Waals surface area (Å²) in [5.74, 6) is -0.973. The molecule has 0 fully saturated rings. The second kappa shape index (κ2) is 8.50. The van der Waals surface area contributed by atoms with Crippen LogP contribution in [0.2, 0.25) is 0 Å². The van der Waals surface area contributed by atoms with Gasteiger partial charge in [-0.1, -0.05) is 35.6 Å². The third-order valence-corrected chi connectivity index (χ3v) is 4.70. The predicted octanol–water partition coefficient (Wildman–Crippen LogP) is 3.81. The van der Waals surface area contributed by atoms with Gasteiger partial charge in [-0.2, -0.15) is 0 Å². The summed E-state index contributed by atoms with van der Waals surface area (Å²) in [4.78, 5) is 24.2. The van der Waals surface area contributed by atoms with E-state index in [4.69, 9.17) is 0 Å². The Bertz CT molecular complexity index is 959. The van der Waals surface area contributed by atoms with Crippen molar-refractivity contribution in [2.75, 3.05) is 10.6 Å². The molecule has 3 aromatic rings. The van der Waals surface area contributed by atoms with Crippen molar-refractivity contribution in [2.24, 2.45) is 0 Å². The number of benzene rings is 2. The Morgan fingerprint density at radius 1 is 1.04 bits per heavy atom.